The first-order valence-corrected chi connectivity index (χ1v) is 10.1. The highest BCUT2D eigenvalue weighted by molar-refractivity contribution is 5.92. The van der Waals surface area contributed by atoms with Crippen molar-refractivity contribution >= 4 is 23.5 Å². The van der Waals surface area contributed by atoms with Crippen LogP contribution in [-0.4, -0.2) is 46.9 Å². The minimum absolute atomic E-state index is 0.0348. The van der Waals surface area contributed by atoms with Crippen molar-refractivity contribution in [2.24, 2.45) is 17.8 Å². The van der Waals surface area contributed by atoms with Crippen molar-refractivity contribution in [3.63, 3.8) is 0 Å². The second-order valence-electron chi connectivity index (χ2n) is 8.44. The summed E-state index contributed by atoms with van der Waals surface area (Å²) in [5.41, 5.74) is 0. The summed E-state index contributed by atoms with van der Waals surface area (Å²) in [5.74, 6) is 1.07. The molecule has 2 fully saturated rings. The first-order chi connectivity index (χ1) is 13.3. The van der Waals surface area contributed by atoms with Gasteiger partial charge in [0.1, 0.15) is 5.76 Å². The summed E-state index contributed by atoms with van der Waals surface area (Å²) in [7, 11) is 0. The minimum atomic E-state index is -0.249. The van der Waals surface area contributed by atoms with Crippen LogP contribution in [0.5, 0.6) is 0 Å². The molecule has 154 valence electrons. The van der Waals surface area contributed by atoms with Gasteiger partial charge in [-0.3, -0.25) is 14.4 Å². The van der Waals surface area contributed by atoms with Crippen molar-refractivity contribution in [3.05, 3.63) is 11.8 Å². The molecule has 2 atom stereocenters. The van der Waals surface area contributed by atoms with Gasteiger partial charge in [0.25, 0.3) is 0 Å². The molecule has 2 N–H and O–H groups in total. The number of aryl methyl sites for hydroxylation is 1. The molecule has 2 aliphatic rings. The van der Waals surface area contributed by atoms with Crippen LogP contribution < -0.4 is 10.6 Å². The lowest BCUT2D eigenvalue weighted by Gasteiger charge is -2.36. The van der Waals surface area contributed by atoms with E-state index in [0.29, 0.717) is 49.8 Å². The van der Waals surface area contributed by atoms with Crippen molar-refractivity contribution < 1.29 is 18.9 Å². The average Bonchev–Trinajstić information content (AvgIpc) is 3.05. The Bertz CT molecular complexity index is 722. The number of piperidine rings is 2. The monoisotopic (exact) mass is 390 g/mol. The van der Waals surface area contributed by atoms with Gasteiger partial charge in [-0.15, -0.1) is 0 Å². The van der Waals surface area contributed by atoms with Gasteiger partial charge in [0.15, 0.2) is 5.82 Å². The number of carbonyl (C=O) groups excluding carboxylic acids is 3. The number of likely N-dealkylation sites (tertiary alicyclic amines) is 1. The van der Waals surface area contributed by atoms with Crippen LogP contribution in [0.2, 0.25) is 0 Å². The molecule has 0 spiro atoms. The van der Waals surface area contributed by atoms with Gasteiger partial charge in [-0.2, -0.15) is 0 Å². The van der Waals surface area contributed by atoms with Gasteiger partial charge in [-0.25, -0.2) is 0 Å². The van der Waals surface area contributed by atoms with Gasteiger partial charge in [0.2, 0.25) is 17.7 Å². The summed E-state index contributed by atoms with van der Waals surface area (Å²) in [6.45, 7) is 7.09. The third kappa shape index (κ3) is 5.11. The third-order valence-corrected chi connectivity index (χ3v) is 5.53. The van der Waals surface area contributed by atoms with Gasteiger partial charge in [0.05, 0.1) is 0 Å². The van der Waals surface area contributed by atoms with E-state index in [1.807, 2.05) is 4.90 Å². The van der Waals surface area contributed by atoms with Crippen LogP contribution in [0.1, 0.15) is 51.7 Å². The van der Waals surface area contributed by atoms with Crippen molar-refractivity contribution in [1.82, 2.24) is 15.4 Å². The topological polar surface area (TPSA) is 105 Å². The zero-order valence-electron chi connectivity index (χ0n) is 16.9. The Labute approximate surface area is 165 Å². The van der Waals surface area contributed by atoms with E-state index in [9.17, 15) is 14.4 Å². The quantitative estimate of drug-likeness (QED) is 0.801. The zero-order chi connectivity index (χ0) is 20.3. The molecule has 0 aromatic carbocycles. The van der Waals surface area contributed by atoms with Crippen LogP contribution in [-0.2, 0) is 14.4 Å². The number of anilines is 1. The molecule has 3 rings (SSSR count). The molecule has 1 aromatic heterocycles. The summed E-state index contributed by atoms with van der Waals surface area (Å²) in [6, 6.07) is 1.75. The highest BCUT2D eigenvalue weighted by Crippen LogP contribution is 2.26. The summed E-state index contributed by atoms with van der Waals surface area (Å²) >= 11 is 0. The Balaban J connectivity index is 1.50. The smallest absolute Gasteiger partial charge is 0.228 e. The maximum absolute atomic E-state index is 12.9. The molecule has 8 heteroatoms. The lowest BCUT2D eigenvalue weighted by Crippen LogP contribution is -2.50. The fourth-order valence-corrected chi connectivity index (χ4v) is 4.18. The molecule has 2 saturated heterocycles. The third-order valence-electron chi connectivity index (χ3n) is 5.53. The van der Waals surface area contributed by atoms with Crippen LogP contribution in [0.15, 0.2) is 10.6 Å². The minimum Gasteiger partial charge on any atom is -0.360 e. The number of hydrogen-bond acceptors (Lipinski definition) is 5. The van der Waals surface area contributed by atoms with Crippen LogP contribution in [0.4, 0.5) is 5.82 Å². The molecule has 2 aliphatic heterocycles. The second-order valence-corrected chi connectivity index (χ2v) is 8.44. The predicted octanol–water partition coefficient (Wildman–Crippen LogP) is 2.10. The van der Waals surface area contributed by atoms with Crippen LogP contribution in [0.3, 0.4) is 0 Å². The number of aromatic nitrogens is 1. The highest BCUT2D eigenvalue weighted by Gasteiger charge is 2.36. The molecule has 1 aromatic rings. The van der Waals surface area contributed by atoms with E-state index < -0.39 is 0 Å². The summed E-state index contributed by atoms with van der Waals surface area (Å²) in [4.78, 5) is 39.2. The second kappa shape index (κ2) is 8.75. The average molecular weight is 390 g/mol. The van der Waals surface area contributed by atoms with E-state index in [1.54, 1.807) is 13.0 Å². The fraction of sp³-hybridized carbons (Fsp3) is 0.700. The summed E-state index contributed by atoms with van der Waals surface area (Å²) in [6.07, 6.45) is 3.08. The lowest BCUT2D eigenvalue weighted by molar-refractivity contribution is -0.143. The molecule has 3 amide bonds. The van der Waals surface area contributed by atoms with E-state index in [0.717, 1.165) is 6.42 Å². The maximum Gasteiger partial charge on any atom is 0.228 e. The molecule has 0 bridgehead atoms. The van der Waals surface area contributed by atoms with Crippen molar-refractivity contribution in [2.45, 2.75) is 58.9 Å². The number of nitrogens with zero attached hydrogens (tertiary/aromatic N) is 2. The van der Waals surface area contributed by atoms with E-state index in [1.165, 1.54) is 0 Å². The Morgan fingerprint density at radius 3 is 2.64 bits per heavy atom. The fourth-order valence-electron chi connectivity index (χ4n) is 4.18. The number of nitrogens with one attached hydrogen (secondary N) is 2. The standard InChI is InChI=1S/C20H30N4O4/c1-12(2)8-16-10-15(11-18(25)21-16)20(27)24-6-4-14(5-7-24)19(26)22-17-9-13(3)28-23-17/h9,12,14-16H,4-8,10-11H2,1-3H3,(H,21,25)(H,22,23,26)/t15-,16-/m0/s1. The molecule has 28 heavy (non-hydrogen) atoms. The van der Waals surface area contributed by atoms with Crippen molar-refractivity contribution in [2.75, 3.05) is 18.4 Å². The molecule has 3 heterocycles. The van der Waals surface area contributed by atoms with E-state index in [4.69, 9.17) is 4.52 Å². The number of amides is 3. The Morgan fingerprint density at radius 2 is 2.04 bits per heavy atom. The number of rotatable bonds is 5. The van der Waals surface area contributed by atoms with Crippen LogP contribution in [0, 0.1) is 24.7 Å². The first kappa shape index (κ1) is 20.4. The number of carbonyl (C=O) groups is 3. The molecule has 0 aliphatic carbocycles. The first-order valence-electron chi connectivity index (χ1n) is 10.1. The maximum atomic E-state index is 12.9. The SMILES string of the molecule is Cc1cc(NC(=O)C2CCN(C(=O)[C@@H]3CC(=O)N[C@@H](CC(C)C)C3)CC2)no1. The zero-order valence-corrected chi connectivity index (χ0v) is 16.9. The van der Waals surface area contributed by atoms with Gasteiger partial charge >= 0.3 is 0 Å². The molecule has 0 unspecified atom stereocenters. The van der Waals surface area contributed by atoms with Gasteiger partial charge in [-0.05, 0) is 38.5 Å². The molecular weight excluding hydrogens is 360 g/mol. The summed E-state index contributed by atoms with van der Waals surface area (Å²) < 4.78 is 4.96. The summed E-state index contributed by atoms with van der Waals surface area (Å²) in [5, 5.41) is 9.56. The number of hydrogen-bond donors (Lipinski definition) is 2. The van der Waals surface area contributed by atoms with E-state index >= 15 is 0 Å². The lowest BCUT2D eigenvalue weighted by atomic mass is 9.86. The highest BCUT2D eigenvalue weighted by atomic mass is 16.5. The Kier molecular flexibility index (Phi) is 6.36. The van der Waals surface area contributed by atoms with E-state index in [-0.39, 0.29) is 42.0 Å². The van der Waals surface area contributed by atoms with Crippen molar-refractivity contribution in [3.8, 4) is 0 Å². The Hall–Kier alpha value is -2.38. The van der Waals surface area contributed by atoms with Gasteiger partial charge in [-0.1, -0.05) is 19.0 Å². The molecule has 0 saturated carbocycles. The van der Waals surface area contributed by atoms with E-state index in [2.05, 4.69) is 29.6 Å². The molecule has 8 nitrogen and oxygen atoms in total. The predicted molar refractivity (Wildman–Crippen MR) is 103 cm³/mol. The van der Waals surface area contributed by atoms with Crippen LogP contribution >= 0.6 is 0 Å². The molecular formula is C20H30N4O4. The van der Waals surface area contributed by atoms with Crippen molar-refractivity contribution in [1.29, 1.82) is 0 Å². The Morgan fingerprint density at radius 1 is 1.32 bits per heavy atom. The van der Waals surface area contributed by atoms with Crippen LogP contribution in [0.25, 0.3) is 0 Å². The van der Waals surface area contributed by atoms with Gasteiger partial charge < -0.3 is 20.1 Å². The molecule has 0 radical (unpaired) electrons. The normalized spacial score (nSPS) is 23.6. The largest absolute Gasteiger partial charge is 0.360 e. The van der Waals surface area contributed by atoms with Gasteiger partial charge in [0, 0.05) is 43.5 Å².